The van der Waals surface area contributed by atoms with Crippen molar-refractivity contribution < 1.29 is 23.4 Å². The molecular weight excluding hydrogens is 382 g/mol. The lowest BCUT2D eigenvalue weighted by molar-refractivity contribution is -0.137. The van der Waals surface area contributed by atoms with Gasteiger partial charge in [-0.1, -0.05) is 24.3 Å². The maximum absolute atomic E-state index is 11.5. The molecule has 2 aromatic carbocycles. The van der Waals surface area contributed by atoms with Crippen molar-refractivity contribution in [3.63, 3.8) is 0 Å². The molecule has 0 spiro atoms. The van der Waals surface area contributed by atoms with Crippen LogP contribution in [0.4, 0.5) is 0 Å². The first-order chi connectivity index (χ1) is 14.6. The fourth-order valence-corrected chi connectivity index (χ4v) is 2.88. The number of carbonyl (C=O) groups is 1. The van der Waals surface area contributed by atoms with Crippen molar-refractivity contribution in [1.82, 2.24) is 4.98 Å². The van der Waals surface area contributed by atoms with Gasteiger partial charge in [-0.15, -0.1) is 0 Å². The van der Waals surface area contributed by atoms with Crippen LogP contribution in [0, 0.1) is 6.92 Å². The molecule has 0 saturated heterocycles. The Balaban J connectivity index is 1.62. The second-order valence-corrected chi connectivity index (χ2v) is 6.48. The highest BCUT2D eigenvalue weighted by Crippen LogP contribution is 2.29. The molecule has 0 bridgehead atoms. The number of ether oxygens (including phenoxy) is 3. The molecule has 0 atom stereocenters. The zero-order valence-corrected chi connectivity index (χ0v) is 17.4. The molecule has 0 fully saturated rings. The van der Waals surface area contributed by atoms with E-state index in [1.807, 2.05) is 49.4 Å². The number of methoxy groups -OCH3 is 1. The third-order valence-corrected chi connectivity index (χ3v) is 4.40. The minimum Gasteiger partial charge on any atom is -0.493 e. The minimum atomic E-state index is -0.380. The lowest BCUT2D eigenvalue weighted by Gasteiger charge is -2.11. The summed E-state index contributed by atoms with van der Waals surface area (Å²) in [5.41, 5.74) is 2.62. The summed E-state index contributed by atoms with van der Waals surface area (Å²) in [5, 5.41) is 0. The molecule has 1 aromatic heterocycles. The first-order valence-corrected chi connectivity index (χ1v) is 9.78. The molecule has 0 aliphatic heterocycles. The van der Waals surface area contributed by atoms with Crippen LogP contribution in [0.2, 0.25) is 0 Å². The van der Waals surface area contributed by atoms with Crippen LogP contribution in [0.1, 0.15) is 23.9 Å². The summed E-state index contributed by atoms with van der Waals surface area (Å²) >= 11 is 0. The maximum Gasteiger partial charge on any atom is 0.330 e. The number of hydrogen-bond donors (Lipinski definition) is 0. The first-order valence-electron chi connectivity index (χ1n) is 9.78. The number of rotatable bonds is 9. The van der Waals surface area contributed by atoms with Gasteiger partial charge < -0.3 is 18.6 Å². The summed E-state index contributed by atoms with van der Waals surface area (Å²) < 4.78 is 22.0. The van der Waals surface area contributed by atoms with Gasteiger partial charge in [0, 0.05) is 18.1 Å². The minimum absolute atomic E-state index is 0.344. The third-order valence-electron chi connectivity index (χ3n) is 4.40. The van der Waals surface area contributed by atoms with E-state index < -0.39 is 0 Å². The standard InChI is InChI=1S/C24H25NO5/c1-4-28-23(26)13-11-18-10-12-21(22(16-18)27-3)29-15-14-20-17(2)30-24(25-20)19-8-6-5-7-9-19/h5-13,16H,4,14-15H2,1-3H3/b13-11+. The van der Waals surface area contributed by atoms with E-state index in [-0.39, 0.29) is 5.97 Å². The molecule has 0 amide bonds. The Hall–Kier alpha value is -3.54. The highest BCUT2D eigenvalue weighted by atomic mass is 16.5. The van der Waals surface area contributed by atoms with Gasteiger partial charge >= 0.3 is 5.97 Å². The van der Waals surface area contributed by atoms with Crippen molar-refractivity contribution in [3.8, 4) is 23.0 Å². The van der Waals surface area contributed by atoms with E-state index in [0.29, 0.717) is 37.0 Å². The molecule has 1 heterocycles. The predicted octanol–water partition coefficient (Wildman–Crippen LogP) is 4.86. The van der Waals surface area contributed by atoms with Gasteiger partial charge in [-0.05, 0) is 49.8 Å². The van der Waals surface area contributed by atoms with Gasteiger partial charge in [0.05, 0.1) is 26.0 Å². The lowest BCUT2D eigenvalue weighted by Crippen LogP contribution is -2.04. The number of nitrogens with zero attached hydrogens (tertiary/aromatic N) is 1. The highest BCUT2D eigenvalue weighted by Gasteiger charge is 2.12. The molecular formula is C24H25NO5. The molecule has 0 N–H and O–H groups in total. The smallest absolute Gasteiger partial charge is 0.330 e. The number of hydrogen-bond acceptors (Lipinski definition) is 6. The maximum atomic E-state index is 11.5. The number of oxazole rings is 1. The Morgan fingerprint density at radius 2 is 1.93 bits per heavy atom. The normalized spacial score (nSPS) is 10.9. The summed E-state index contributed by atoms with van der Waals surface area (Å²) in [7, 11) is 1.58. The fraction of sp³-hybridized carbons (Fsp3) is 0.250. The predicted molar refractivity (Wildman–Crippen MR) is 115 cm³/mol. The van der Waals surface area contributed by atoms with Crippen molar-refractivity contribution >= 4 is 12.0 Å². The van der Waals surface area contributed by atoms with Gasteiger partial charge in [0.15, 0.2) is 11.5 Å². The number of carbonyl (C=O) groups excluding carboxylic acids is 1. The van der Waals surface area contributed by atoms with Crippen LogP contribution < -0.4 is 9.47 Å². The van der Waals surface area contributed by atoms with E-state index in [9.17, 15) is 4.79 Å². The second-order valence-electron chi connectivity index (χ2n) is 6.48. The van der Waals surface area contributed by atoms with Crippen LogP contribution >= 0.6 is 0 Å². The van der Waals surface area contributed by atoms with Crippen LogP contribution in [0.3, 0.4) is 0 Å². The average molecular weight is 407 g/mol. The van der Waals surface area contributed by atoms with E-state index in [1.54, 1.807) is 26.2 Å². The number of aryl methyl sites for hydroxylation is 1. The number of esters is 1. The molecule has 30 heavy (non-hydrogen) atoms. The Morgan fingerprint density at radius 1 is 1.13 bits per heavy atom. The van der Waals surface area contributed by atoms with Crippen LogP contribution in [-0.4, -0.2) is 31.3 Å². The van der Waals surface area contributed by atoms with E-state index in [4.69, 9.17) is 18.6 Å². The molecule has 3 aromatic rings. The van der Waals surface area contributed by atoms with Crippen molar-refractivity contribution in [2.45, 2.75) is 20.3 Å². The molecule has 0 aliphatic rings. The zero-order chi connectivity index (χ0) is 21.3. The lowest BCUT2D eigenvalue weighted by atomic mass is 10.2. The summed E-state index contributed by atoms with van der Waals surface area (Å²) in [6, 6.07) is 15.3. The van der Waals surface area contributed by atoms with Gasteiger partial charge in [0.1, 0.15) is 5.76 Å². The monoisotopic (exact) mass is 407 g/mol. The van der Waals surface area contributed by atoms with Gasteiger partial charge in [0.2, 0.25) is 5.89 Å². The zero-order valence-electron chi connectivity index (χ0n) is 17.4. The Morgan fingerprint density at radius 3 is 2.67 bits per heavy atom. The fourth-order valence-electron chi connectivity index (χ4n) is 2.88. The van der Waals surface area contributed by atoms with Crippen molar-refractivity contribution in [2.24, 2.45) is 0 Å². The summed E-state index contributed by atoms with van der Waals surface area (Å²) in [6.07, 6.45) is 3.67. The van der Waals surface area contributed by atoms with Gasteiger partial charge in [-0.25, -0.2) is 9.78 Å². The molecule has 3 rings (SSSR count). The first kappa shape index (κ1) is 21.2. The van der Waals surface area contributed by atoms with Crippen LogP contribution in [0.15, 0.2) is 59.0 Å². The van der Waals surface area contributed by atoms with Gasteiger partial charge in [-0.3, -0.25) is 0 Å². The quantitative estimate of drug-likeness (QED) is 0.373. The van der Waals surface area contributed by atoms with Crippen molar-refractivity contribution in [1.29, 1.82) is 0 Å². The molecule has 156 valence electrons. The molecule has 0 radical (unpaired) electrons. The summed E-state index contributed by atoms with van der Waals surface area (Å²) in [4.78, 5) is 16.0. The highest BCUT2D eigenvalue weighted by molar-refractivity contribution is 5.87. The van der Waals surface area contributed by atoms with E-state index >= 15 is 0 Å². The van der Waals surface area contributed by atoms with E-state index in [0.717, 1.165) is 22.6 Å². The van der Waals surface area contributed by atoms with Crippen LogP contribution in [0.25, 0.3) is 17.5 Å². The molecule has 6 nitrogen and oxygen atoms in total. The Kier molecular flexibility index (Phi) is 7.27. The number of aromatic nitrogens is 1. The molecule has 6 heteroatoms. The second kappa shape index (κ2) is 10.3. The third kappa shape index (κ3) is 5.50. The molecule has 0 saturated carbocycles. The van der Waals surface area contributed by atoms with Crippen molar-refractivity contribution in [2.75, 3.05) is 20.3 Å². The Labute approximate surface area is 176 Å². The summed E-state index contributed by atoms with van der Waals surface area (Å²) in [5.74, 6) is 2.22. The Bertz CT molecular complexity index is 1010. The van der Waals surface area contributed by atoms with Gasteiger partial charge in [-0.2, -0.15) is 0 Å². The van der Waals surface area contributed by atoms with E-state index in [2.05, 4.69) is 4.98 Å². The van der Waals surface area contributed by atoms with E-state index in [1.165, 1.54) is 6.08 Å². The largest absolute Gasteiger partial charge is 0.493 e. The molecule has 0 aliphatic carbocycles. The summed E-state index contributed by atoms with van der Waals surface area (Å²) in [6.45, 7) is 4.44. The van der Waals surface area contributed by atoms with Crippen molar-refractivity contribution in [3.05, 3.63) is 71.6 Å². The average Bonchev–Trinajstić information content (AvgIpc) is 3.14. The van der Waals surface area contributed by atoms with Crippen LogP contribution in [-0.2, 0) is 16.0 Å². The number of benzene rings is 2. The van der Waals surface area contributed by atoms with Gasteiger partial charge in [0.25, 0.3) is 0 Å². The molecule has 0 unspecified atom stereocenters. The topological polar surface area (TPSA) is 70.8 Å². The SMILES string of the molecule is CCOC(=O)/C=C/c1ccc(OCCc2nc(-c3ccccc3)oc2C)c(OC)c1. The van der Waals surface area contributed by atoms with Crippen LogP contribution in [0.5, 0.6) is 11.5 Å².